The maximum Gasteiger partial charge on any atom is 0.266 e. The molecular formula is C17H23N3OS. The molecule has 22 heavy (non-hydrogen) atoms. The van der Waals surface area contributed by atoms with Crippen molar-refractivity contribution in [1.29, 1.82) is 0 Å². The Bertz CT molecular complexity index is 722. The van der Waals surface area contributed by atoms with E-state index in [9.17, 15) is 4.79 Å². The number of carbonyl (C=O) groups excluding carboxylic acids is 1. The van der Waals surface area contributed by atoms with Crippen molar-refractivity contribution in [2.45, 2.75) is 52.5 Å². The summed E-state index contributed by atoms with van der Waals surface area (Å²) < 4.78 is 0. The monoisotopic (exact) mass is 317 g/mol. The Morgan fingerprint density at radius 3 is 2.95 bits per heavy atom. The standard InChI is InChI=1S/C17H23N3OS/c1-4-12-7-5-6-8-20(12)17(21)15-14(18)13-10(2)9-11(3)19-16(13)22-15/h9,12H,4-8,18H2,1-3H3/t12-/m0/s1. The number of nitrogens with zero attached hydrogens (tertiary/aromatic N) is 2. The van der Waals surface area contributed by atoms with Gasteiger partial charge in [-0.25, -0.2) is 4.98 Å². The third kappa shape index (κ3) is 2.47. The van der Waals surface area contributed by atoms with Gasteiger partial charge in [-0.05, 0) is 51.2 Å². The average Bonchev–Trinajstić information content (AvgIpc) is 2.83. The number of fused-ring (bicyclic) bond motifs is 1. The van der Waals surface area contributed by atoms with Gasteiger partial charge >= 0.3 is 0 Å². The molecule has 0 saturated carbocycles. The van der Waals surface area contributed by atoms with E-state index in [1.54, 1.807) is 0 Å². The quantitative estimate of drug-likeness (QED) is 0.914. The summed E-state index contributed by atoms with van der Waals surface area (Å²) in [5.74, 6) is 0.0871. The van der Waals surface area contributed by atoms with Crippen LogP contribution in [0, 0.1) is 13.8 Å². The highest BCUT2D eigenvalue weighted by Gasteiger charge is 2.29. The van der Waals surface area contributed by atoms with Crippen molar-refractivity contribution in [3.8, 4) is 0 Å². The predicted molar refractivity (Wildman–Crippen MR) is 92.5 cm³/mol. The number of amides is 1. The van der Waals surface area contributed by atoms with E-state index in [1.807, 2.05) is 24.8 Å². The van der Waals surface area contributed by atoms with Gasteiger partial charge in [0.15, 0.2) is 0 Å². The first-order chi connectivity index (χ1) is 10.5. The molecule has 0 radical (unpaired) electrons. The zero-order valence-corrected chi connectivity index (χ0v) is 14.3. The third-order valence-electron chi connectivity index (χ3n) is 4.58. The van der Waals surface area contributed by atoms with Gasteiger partial charge in [0.1, 0.15) is 9.71 Å². The Hall–Kier alpha value is -1.62. The highest BCUT2D eigenvalue weighted by atomic mass is 32.1. The number of pyridine rings is 1. The lowest BCUT2D eigenvalue weighted by Gasteiger charge is -2.35. The molecule has 1 fully saturated rings. The summed E-state index contributed by atoms with van der Waals surface area (Å²) in [5.41, 5.74) is 8.98. The summed E-state index contributed by atoms with van der Waals surface area (Å²) in [5, 5.41) is 0.948. The number of piperidine rings is 1. The van der Waals surface area contributed by atoms with E-state index in [4.69, 9.17) is 5.73 Å². The van der Waals surface area contributed by atoms with Crippen LogP contribution in [0.15, 0.2) is 6.07 Å². The van der Waals surface area contributed by atoms with Gasteiger partial charge in [0, 0.05) is 23.7 Å². The number of nitrogens with two attached hydrogens (primary N) is 1. The minimum atomic E-state index is 0.0871. The van der Waals surface area contributed by atoms with Gasteiger partial charge in [0.2, 0.25) is 0 Å². The molecule has 0 spiro atoms. The van der Waals surface area contributed by atoms with Crippen LogP contribution < -0.4 is 5.73 Å². The van der Waals surface area contributed by atoms with E-state index >= 15 is 0 Å². The largest absolute Gasteiger partial charge is 0.397 e. The van der Waals surface area contributed by atoms with Gasteiger partial charge in [-0.2, -0.15) is 0 Å². The Morgan fingerprint density at radius 2 is 2.23 bits per heavy atom. The number of carbonyl (C=O) groups is 1. The average molecular weight is 317 g/mol. The lowest BCUT2D eigenvalue weighted by atomic mass is 9.99. The zero-order chi connectivity index (χ0) is 15.9. The number of anilines is 1. The molecule has 2 aromatic rings. The maximum atomic E-state index is 13.0. The fourth-order valence-corrected chi connectivity index (χ4v) is 4.62. The van der Waals surface area contributed by atoms with E-state index in [0.29, 0.717) is 16.6 Å². The van der Waals surface area contributed by atoms with Crippen LogP contribution in [-0.2, 0) is 0 Å². The fraction of sp³-hybridized carbons (Fsp3) is 0.529. The highest BCUT2D eigenvalue weighted by Crippen LogP contribution is 2.36. The molecular weight excluding hydrogens is 294 g/mol. The van der Waals surface area contributed by atoms with E-state index < -0.39 is 0 Å². The highest BCUT2D eigenvalue weighted by molar-refractivity contribution is 7.21. The second kappa shape index (κ2) is 5.88. The van der Waals surface area contributed by atoms with Crippen molar-refractivity contribution < 1.29 is 4.79 Å². The van der Waals surface area contributed by atoms with Crippen LogP contribution >= 0.6 is 11.3 Å². The van der Waals surface area contributed by atoms with Gasteiger partial charge in [0.25, 0.3) is 5.91 Å². The van der Waals surface area contributed by atoms with Crippen molar-refractivity contribution >= 4 is 33.1 Å². The summed E-state index contributed by atoms with van der Waals surface area (Å²) in [7, 11) is 0. The van der Waals surface area contributed by atoms with Gasteiger partial charge in [-0.15, -0.1) is 11.3 Å². The van der Waals surface area contributed by atoms with Crippen LogP contribution in [0.25, 0.3) is 10.2 Å². The summed E-state index contributed by atoms with van der Waals surface area (Å²) in [6, 6.07) is 2.37. The molecule has 2 N–H and O–H groups in total. The zero-order valence-electron chi connectivity index (χ0n) is 13.5. The molecule has 0 aromatic carbocycles. The van der Waals surface area contributed by atoms with Crippen LogP contribution in [0.2, 0.25) is 0 Å². The van der Waals surface area contributed by atoms with Crippen molar-refractivity contribution in [3.63, 3.8) is 0 Å². The Morgan fingerprint density at radius 1 is 1.45 bits per heavy atom. The van der Waals surface area contributed by atoms with E-state index in [0.717, 1.165) is 47.3 Å². The predicted octanol–water partition coefficient (Wildman–Crippen LogP) is 3.90. The molecule has 1 amide bonds. The van der Waals surface area contributed by atoms with E-state index in [2.05, 4.69) is 11.9 Å². The summed E-state index contributed by atoms with van der Waals surface area (Å²) in [6.45, 7) is 7.00. The molecule has 1 saturated heterocycles. The van der Waals surface area contributed by atoms with Crippen LogP contribution in [-0.4, -0.2) is 28.4 Å². The van der Waals surface area contributed by atoms with E-state index in [1.165, 1.54) is 17.8 Å². The first kappa shape index (κ1) is 15.3. The van der Waals surface area contributed by atoms with Crippen LogP contribution in [0.3, 0.4) is 0 Å². The van der Waals surface area contributed by atoms with Crippen molar-refractivity contribution in [2.24, 2.45) is 0 Å². The number of hydrogen-bond acceptors (Lipinski definition) is 4. The molecule has 4 nitrogen and oxygen atoms in total. The smallest absolute Gasteiger partial charge is 0.266 e. The Balaban J connectivity index is 2.04. The lowest BCUT2D eigenvalue weighted by molar-refractivity contribution is 0.0614. The lowest BCUT2D eigenvalue weighted by Crippen LogP contribution is -2.43. The topological polar surface area (TPSA) is 59.2 Å². The number of aryl methyl sites for hydroxylation is 2. The SMILES string of the molecule is CC[C@H]1CCCCN1C(=O)c1sc2nc(C)cc(C)c2c1N. The molecule has 0 aliphatic carbocycles. The van der Waals surface area contributed by atoms with Gasteiger partial charge in [-0.1, -0.05) is 6.92 Å². The maximum absolute atomic E-state index is 13.0. The van der Waals surface area contributed by atoms with Crippen molar-refractivity contribution in [2.75, 3.05) is 12.3 Å². The second-order valence-electron chi connectivity index (χ2n) is 6.16. The van der Waals surface area contributed by atoms with E-state index in [-0.39, 0.29) is 5.91 Å². The summed E-state index contributed by atoms with van der Waals surface area (Å²) >= 11 is 1.44. The number of rotatable bonds is 2. The summed E-state index contributed by atoms with van der Waals surface area (Å²) in [4.78, 5) is 21.1. The number of hydrogen-bond donors (Lipinski definition) is 1. The number of aromatic nitrogens is 1. The molecule has 0 unspecified atom stereocenters. The third-order valence-corrected chi connectivity index (χ3v) is 5.67. The molecule has 1 aliphatic heterocycles. The number of nitrogen functional groups attached to an aromatic ring is 1. The molecule has 3 rings (SSSR count). The Kier molecular flexibility index (Phi) is 4.08. The summed E-state index contributed by atoms with van der Waals surface area (Å²) in [6.07, 6.45) is 4.41. The first-order valence-electron chi connectivity index (χ1n) is 8.00. The van der Waals surface area contributed by atoms with Crippen LogP contribution in [0.5, 0.6) is 0 Å². The number of thiophene rings is 1. The van der Waals surface area contributed by atoms with Crippen LogP contribution in [0.1, 0.15) is 53.5 Å². The molecule has 1 aliphatic rings. The normalized spacial score (nSPS) is 18.9. The second-order valence-corrected chi connectivity index (χ2v) is 7.16. The van der Waals surface area contributed by atoms with Crippen molar-refractivity contribution in [3.05, 3.63) is 22.2 Å². The molecule has 1 atom stereocenters. The molecule has 2 aromatic heterocycles. The van der Waals surface area contributed by atoms with Crippen LogP contribution in [0.4, 0.5) is 5.69 Å². The molecule has 3 heterocycles. The minimum Gasteiger partial charge on any atom is -0.397 e. The number of likely N-dealkylation sites (tertiary alicyclic amines) is 1. The van der Waals surface area contributed by atoms with Gasteiger partial charge < -0.3 is 10.6 Å². The first-order valence-corrected chi connectivity index (χ1v) is 8.81. The Labute approximate surface area is 135 Å². The minimum absolute atomic E-state index is 0.0871. The fourth-order valence-electron chi connectivity index (χ4n) is 3.45. The molecule has 118 valence electrons. The van der Waals surface area contributed by atoms with Gasteiger partial charge in [-0.3, -0.25) is 4.79 Å². The molecule has 5 heteroatoms. The molecule has 0 bridgehead atoms. The van der Waals surface area contributed by atoms with Gasteiger partial charge in [0.05, 0.1) is 5.69 Å². The van der Waals surface area contributed by atoms with Crippen molar-refractivity contribution in [1.82, 2.24) is 9.88 Å².